The van der Waals surface area contributed by atoms with E-state index in [0.717, 1.165) is 16.7 Å². The molecule has 0 bridgehead atoms. The third-order valence-electron chi connectivity index (χ3n) is 3.39. The van der Waals surface area contributed by atoms with E-state index >= 15 is 0 Å². The molecule has 0 atom stereocenters. The summed E-state index contributed by atoms with van der Waals surface area (Å²) in [6.07, 6.45) is 0. The van der Waals surface area contributed by atoms with Crippen molar-refractivity contribution < 1.29 is 9.53 Å². The molecule has 2 N–H and O–H groups in total. The van der Waals surface area contributed by atoms with Gasteiger partial charge in [0.15, 0.2) is 11.6 Å². The molecule has 0 aliphatic carbocycles. The maximum absolute atomic E-state index is 11.9. The van der Waals surface area contributed by atoms with E-state index < -0.39 is 5.41 Å². The van der Waals surface area contributed by atoms with Gasteiger partial charge in [-0.25, -0.2) is 4.98 Å². The smallest absolute Gasteiger partial charge is 0.233 e. The van der Waals surface area contributed by atoms with Crippen LogP contribution in [0.4, 0.5) is 0 Å². The Labute approximate surface area is 127 Å². The van der Waals surface area contributed by atoms with Gasteiger partial charge in [-0.15, -0.1) is 5.10 Å². The van der Waals surface area contributed by atoms with Crippen LogP contribution in [-0.4, -0.2) is 32.6 Å². The summed E-state index contributed by atoms with van der Waals surface area (Å²) in [6.45, 7) is 5.60. The average Bonchev–Trinajstić information content (AvgIpc) is 3.09. The number of benzene rings is 1. The fraction of sp³-hybridized carbons (Fsp3) is 0.312. The van der Waals surface area contributed by atoms with Crippen LogP contribution in [0.15, 0.2) is 30.3 Å². The second-order valence-electron chi connectivity index (χ2n) is 6.18. The van der Waals surface area contributed by atoms with E-state index in [1.54, 1.807) is 6.07 Å². The van der Waals surface area contributed by atoms with Gasteiger partial charge in [-0.05, 0) is 12.1 Å². The number of H-pyrrole nitrogens is 2. The van der Waals surface area contributed by atoms with Gasteiger partial charge in [-0.2, -0.15) is 0 Å². The number of imidazole rings is 1. The number of nitrogens with one attached hydrogen (secondary N) is 2. The van der Waals surface area contributed by atoms with Crippen LogP contribution in [0.25, 0.3) is 22.6 Å². The summed E-state index contributed by atoms with van der Waals surface area (Å²) in [5, 5.41) is 6.92. The number of aromatic amines is 2. The summed E-state index contributed by atoms with van der Waals surface area (Å²) in [5.74, 6) is 1.10. The lowest BCUT2D eigenvalue weighted by molar-refractivity contribution is -0.128. The SMILES string of the molecule is CC(C)(C)C(=O)COc1cc(-c2nc3ccccc3[nH]2)[nH]n1. The zero-order valence-corrected chi connectivity index (χ0v) is 12.8. The van der Waals surface area contributed by atoms with Crippen LogP contribution in [0, 0.1) is 5.41 Å². The number of ketones is 1. The number of rotatable bonds is 4. The molecule has 3 aromatic rings. The molecule has 6 heteroatoms. The molecule has 6 nitrogen and oxygen atoms in total. The monoisotopic (exact) mass is 298 g/mol. The summed E-state index contributed by atoms with van der Waals surface area (Å²) >= 11 is 0. The van der Waals surface area contributed by atoms with Gasteiger partial charge >= 0.3 is 0 Å². The van der Waals surface area contributed by atoms with Gasteiger partial charge in [0.1, 0.15) is 12.3 Å². The highest BCUT2D eigenvalue weighted by Crippen LogP contribution is 2.22. The first-order chi connectivity index (χ1) is 10.4. The topological polar surface area (TPSA) is 83.7 Å². The van der Waals surface area contributed by atoms with E-state index in [0.29, 0.717) is 11.7 Å². The number of carbonyl (C=O) groups is 1. The third-order valence-corrected chi connectivity index (χ3v) is 3.39. The fourth-order valence-electron chi connectivity index (χ4n) is 1.93. The molecule has 0 aliphatic heterocycles. The van der Waals surface area contributed by atoms with Gasteiger partial charge in [0.25, 0.3) is 0 Å². The Morgan fingerprint density at radius 2 is 2.05 bits per heavy atom. The number of nitrogens with zero attached hydrogens (tertiary/aromatic N) is 2. The van der Waals surface area contributed by atoms with E-state index in [1.807, 2.05) is 45.0 Å². The molecule has 1 aromatic carbocycles. The maximum atomic E-state index is 11.9. The van der Waals surface area contributed by atoms with Crippen molar-refractivity contribution in [3.05, 3.63) is 30.3 Å². The van der Waals surface area contributed by atoms with Gasteiger partial charge in [-0.3, -0.25) is 9.89 Å². The van der Waals surface area contributed by atoms with E-state index in [2.05, 4.69) is 20.2 Å². The summed E-state index contributed by atoms with van der Waals surface area (Å²) in [6, 6.07) is 9.51. The first-order valence-corrected chi connectivity index (χ1v) is 7.10. The van der Waals surface area contributed by atoms with Crippen LogP contribution in [-0.2, 0) is 4.79 Å². The molecule has 22 heavy (non-hydrogen) atoms. The number of fused-ring (bicyclic) bond motifs is 1. The van der Waals surface area contributed by atoms with Crippen LogP contribution < -0.4 is 4.74 Å². The number of aromatic nitrogens is 4. The first-order valence-electron chi connectivity index (χ1n) is 7.10. The normalized spacial score (nSPS) is 11.8. The van der Waals surface area contributed by atoms with Gasteiger partial charge < -0.3 is 9.72 Å². The summed E-state index contributed by atoms with van der Waals surface area (Å²) in [7, 11) is 0. The minimum absolute atomic E-state index is 0.00786. The van der Waals surface area contributed by atoms with Gasteiger partial charge in [0.2, 0.25) is 5.88 Å². The number of hydrogen-bond donors (Lipinski definition) is 2. The predicted molar refractivity (Wildman–Crippen MR) is 83.6 cm³/mol. The van der Waals surface area contributed by atoms with Crippen LogP contribution in [0.3, 0.4) is 0 Å². The maximum Gasteiger partial charge on any atom is 0.233 e. The van der Waals surface area contributed by atoms with Crippen molar-refractivity contribution in [2.75, 3.05) is 6.61 Å². The Morgan fingerprint density at radius 3 is 2.77 bits per heavy atom. The van der Waals surface area contributed by atoms with E-state index in [9.17, 15) is 4.79 Å². The highest BCUT2D eigenvalue weighted by Gasteiger charge is 2.22. The summed E-state index contributed by atoms with van der Waals surface area (Å²) < 4.78 is 5.44. The molecular formula is C16H18N4O2. The van der Waals surface area contributed by atoms with Crippen LogP contribution in [0.5, 0.6) is 5.88 Å². The van der Waals surface area contributed by atoms with Gasteiger partial charge in [-0.1, -0.05) is 32.9 Å². The molecule has 0 radical (unpaired) electrons. The van der Waals surface area contributed by atoms with Gasteiger partial charge in [0.05, 0.1) is 11.0 Å². The van der Waals surface area contributed by atoms with Crippen molar-refractivity contribution in [1.82, 2.24) is 20.2 Å². The minimum Gasteiger partial charge on any atom is -0.469 e. The lowest BCUT2D eigenvalue weighted by Gasteiger charge is -2.15. The molecule has 0 unspecified atom stereocenters. The molecule has 0 saturated carbocycles. The highest BCUT2D eigenvalue weighted by molar-refractivity contribution is 5.85. The van der Waals surface area contributed by atoms with E-state index in [-0.39, 0.29) is 12.4 Å². The Balaban J connectivity index is 1.75. The second-order valence-corrected chi connectivity index (χ2v) is 6.18. The fourth-order valence-corrected chi connectivity index (χ4v) is 1.93. The van der Waals surface area contributed by atoms with Crippen LogP contribution in [0.2, 0.25) is 0 Å². The molecule has 0 aliphatic rings. The molecule has 114 valence electrons. The summed E-state index contributed by atoms with van der Waals surface area (Å²) in [4.78, 5) is 19.5. The molecular weight excluding hydrogens is 280 g/mol. The predicted octanol–water partition coefficient (Wildman–Crippen LogP) is 2.95. The van der Waals surface area contributed by atoms with Crippen molar-refractivity contribution in [3.8, 4) is 17.4 Å². The number of carbonyl (C=O) groups excluding carboxylic acids is 1. The summed E-state index contributed by atoms with van der Waals surface area (Å²) in [5.41, 5.74) is 2.14. The molecule has 2 aromatic heterocycles. The first kappa shape index (κ1) is 14.3. The number of para-hydroxylation sites is 2. The number of ether oxygens (including phenoxy) is 1. The largest absolute Gasteiger partial charge is 0.469 e. The van der Waals surface area contributed by atoms with Crippen LogP contribution >= 0.6 is 0 Å². The Kier molecular flexibility index (Phi) is 3.44. The van der Waals surface area contributed by atoms with Crippen molar-refractivity contribution in [1.29, 1.82) is 0 Å². The van der Waals surface area contributed by atoms with Crippen molar-refractivity contribution >= 4 is 16.8 Å². The van der Waals surface area contributed by atoms with E-state index in [1.165, 1.54) is 0 Å². The zero-order valence-electron chi connectivity index (χ0n) is 12.8. The highest BCUT2D eigenvalue weighted by atomic mass is 16.5. The zero-order chi connectivity index (χ0) is 15.7. The van der Waals surface area contributed by atoms with E-state index in [4.69, 9.17) is 4.74 Å². The van der Waals surface area contributed by atoms with Crippen molar-refractivity contribution in [3.63, 3.8) is 0 Å². The number of hydrogen-bond acceptors (Lipinski definition) is 4. The second kappa shape index (κ2) is 5.29. The number of Topliss-reactive ketones (excluding diaryl/α,β-unsaturated/α-hetero) is 1. The lowest BCUT2D eigenvalue weighted by Crippen LogP contribution is -2.26. The average molecular weight is 298 g/mol. The Morgan fingerprint density at radius 1 is 1.27 bits per heavy atom. The molecule has 0 spiro atoms. The molecule has 0 amide bonds. The lowest BCUT2D eigenvalue weighted by atomic mass is 9.91. The standard InChI is InChI=1S/C16H18N4O2/c1-16(2,3)13(21)9-22-14-8-12(19-20-14)15-17-10-6-4-5-7-11(10)18-15/h4-8H,9H2,1-3H3,(H,17,18)(H,19,20). The Bertz CT molecular complexity index is 778. The quantitative estimate of drug-likeness (QED) is 0.775. The molecule has 0 saturated heterocycles. The minimum atomic E-state index is -0.419. The molecule has 3 rings (SSSR count). The molecule has 0 fully saturated rings. The van der Waals surface area contributed by atoms with Gasteiger partial charge in [0, 0.05) is 11.5 Å². The van der Waals surface area contributed by atoms with Crippen molar-refractivity contribution in [2.24, 2.45) is 5.41 Å². The molecule has 2 heterocycles. The Hall–Kier alpha value is -2.63. The van der Waals surface area contributed by atoms with Crippen LogP contribution in [0.1, 0.15) is 20.8 Å². The third kappa shape index (κ3) is 2.86. The van der Waals surface area contributed by atoms with Crippen molar-refractivity contribution in [2.45, 2.75) is 20.8 Å².